The molecule has 0 saturated carbocycles. The van der Waals surface area contributed by atoms with Gasteiger partial charge in [-0.2, -0.15) is 0 Å². The highest BCUT2D eigenvalue weighted by Crippen LogP contribution is 2.29. The van der Waals surface area contributed by atoms with Crippen LogP contribution in [0.15, 0.2) is 54.1 Å². The number of thioether (sulfide) groups is 1. The van der Waals surface area contributed by atoms with Gasteiger partial charge in [-0.25, -0.2) is 0 Å². The number of halogens is 1. The van der Waals surface area contributed by atoms with Gasteiger partial charge in [0.1, 0.15) is 0 Å². The third kappa shape index (κ3) is 12.3. The molecule has 0 bridgehead atoms. The van der Waals surface area contributed by atoms with E-state index in [0.29, 0.717) is 23.7 Å². The minimum atomic E-state index is -0.158. The topological polar surface area (TPSA) is 50.8 Å². The van der Waals surface area contributed by atoms with Crippen molar-refractivity contribution in [3.63, 3.8) is 0 Å². The third-order valence-electron chi connectivity index (χ3n) is 6.93. The number of carbonyl (C=O) groups excluding carboxylic acids is 1. The van der Waals surface area contributed by atoms with Gasteiger partial charge in [-0.3, -0.25) is 4.79 Å². The van der Waals surface area contributed by atoms with Gasteiger partial charge in [0.05, 0.1) is 19.6 Å². The quantitative estimate of drug-likeness (QED) is 0.159. The molecule has 1 aliphatic rings. The molecule has 0 saturated heterocycles. The normalized spacial score (nSPS) is 12.3. The fourth-order valence-electron chi connectivity index (χ4n) is 4.66. The molecule has 1 aliphatic heterocycles. The van der Waals surface area contributed by atoms with Crippen molar-refractivity contribution in [1.82, 2.24) is 4.90 Å². The predicted octanol–water partition coefficient (Wildman–Crippen LogP) is 9.58. The lowest BCUT2D eigenvalue weighted by Crippen LogP contribution is -2.17. The van der Waals surface area contributed by atoms with Crippen molar-refractivity contribution in [1.29, 1.82) is 0 Å². The Morgan fingerprint density at radius 3 is 2.21 bits per heavy atom. The number of unbranched alkanes of at least 4 members (excludes halogenated alkanes) is 11. The molecule has 0 radical (unpaired) electrons. The number of hydrogen-bond donors (Lipinski definition) is 1. The number of anilines is 1. The number of rotatable bonds is 19. The smallest absolute Gasteiger partial charge is 0.255 e. The van der Waals surface area contributed by atoms with Gasteiger partial charge in [0, 0.05) is 24.0 Å². The molecule has 1 heterocycles. The summed E-state index contributed by atoms with van der Waals surface area (Å²) in [6.07, 6.45) is 17.9. The van der Waals surface area contributed by atoms with Crippen molar-refractivity contribution in [2.45, 2.75) is 90.5 Å². The first kappa shape index (κ1) is 33.1. The van der Waals surface area contributed by atoms with Crippen LogP contribution in [0.2, 0.25) is 0 Å². The number of nitrogens with zero attached hydrogens (tertiary/aromatic N) is 1. The molecule has 7 heteroatoms. The van der Waals surface area contributed by atoms with Gasteiger partial charge in [0.15, 0.2) is 11.5 Å². The zero-order chi connectivity index (χ0) is 26.8. The second-order valence-electron chi connectivity index (χ2n) is 10.0. The van der Waals surface area contributed by atoms with E-state index in [1.165, 1.54) is 70.6 Å². The van der Waals surface area contributed by atoms with Crippen LogP contribution in [0.3, 0.4) is 0 Å². The van der Waals surface area contributed by atoms with Crippen LogP contribution < -0.4 is 14.8 Å². The maximum absolute atomic E-state index is 13.0. The number of methoxy groups -OCH3 is 1. The van der Waals surface area contributed by atoms with Crippen molar-refractivity contribution in [3.05, 3.63) is 65.2 Å². The fourth-order valence-corrected chi connectivity index (χ4v) is 5.37. The number of carbonyl (C=O) groups is 1. The Labute approximate surface area is 250 Å². The lowest BCUT2D eigenvalue weighted by atomic mass is 10.1. The summed E-state index contributed by atoms with van der Waals surface area (Å²) in [4.78, 5) is 15.3. The summed E-state index contributed by atoms with van der Waals surface area (Å²) in [6, 6.07) is 13.4. The van der Waals surface area contributed by atoms with E-state index in [2.05, 4.69) is 34.8 Å². The Morgan fingerprint density at radius 2 is 1.56 bits per heavy atom. The summed E-state index contributed by atoms with van der Waals surface area (Å²) >= 11 is 1.77. The summed E-state index contributed by atoms with van der Waals surface area (Å²) in [6.45, 7) is 3.69. The summed E-state index contributed by atoms with van der Waals surface area (Å²) in [5.74, 6) is 2.05. The molecule has 1 amide bonds. The lowest BCUT2D eigenvalue weighted by Gasteiger charge is -2.18. The minimum Gasteiger partial charge on any atom is -0.493 e. The first-order valence-corrected chi connectivity index (χ1v) is 15.5. The van der Waals surface area contributed by atoms with Crippen LogP contribution in [0.1, 0.15) is 99.9 Å². The molecular weight excluding hydrogens is 572 g/mol. The standard InChI is InChI=1S/C32H46N2O3S.BrH/c1-3-4-5-6-7-8-9-10-11-12-13-16-22-37-30-20-19-27(24-31(30)36-2)32(35)33-29-18-15-14-17-28(29)25-34-21-23-38-26-34;/h14-15,17-21,23-24H,3-13,16,22,25-26H2,1-2H3,(H,33,35);1H. The van der Waals surface area contributed by atoms with Crippen LogP contribution in [0.25, 0.3) is 0 Å². The Balaban J connectivity index is 0.00000533. The van der Waals surface area contributed by atoms with Crippen molar-refractivity contribution in [2.75, 3.05) is 24.9 Å². The van der Waals surface area contributed by atoms with Gasteiger partial charge in [-0.15, -0.1) is 28.7 Å². The molecule has 0 aliphatic carbocycles. The van der Waals surface area contributed by atoms with Crippen LogP contribution in [0.4, 0.5) is 5.69 Å². The summed E-state index contributed by atoms with van der Waals surface area (Å²) in [5, 5.41) is 5.17. The Hall–Kier alpha value is -2.12. The SMILES string of the molecule is Br.CCCCCCCCCCCCCCOc1ccc(C(=O)Nc2ccccc2CN2C=CSC2)cc1OC. The van der Waals surface area contributed by atoms with E-state index in [4.69, 9.17) is 9.47 Å². The Morgan fingerprint density at radius 1 is 0.897 bits per heavy atom. The molecule has 2 aromatic carbocycles. The Kier molecular flexibility index (Phi) is 16.9. The van der Waals surface area contributed by atoms with Crippen molar-refractivity contribution in [2.24, 2.45) is 0 Å². The number of nitrogens with one attached hydrogen (secondary N) is 1. The van der Waals surface area contributed by atoms with Gasteiger partial charge in [0.2, 0.25) is 0 Å². The van der Waals surface area contributed by atoms with E-state index >= 15 is 0 Å². The van der Waals surface area contributed by atoms with E-state index in [0.717, 1.165) is 30.1 Å². The van der Waals surface area contributed by atoms with Crippen LogP contribution in [0.5, 0.6) is 11.5 Å². The van der Waals surface area contributed by atoms with Gasteiger partial charge >= 0.3 is 0 Å². The maximum Gasteiger partial charge on any atom is 0.255 e. The average molecular weight is 620 g/mol. The number of para-hydroxylation sites is 1. The second-order valence-corrected chi connectivity index (χ2v) is 10.9. The van der Waals surface area contributed by atoms with Gasteiger partial charge < -0.3 is 19.7 Å². The summed E-state index contributed by atoms with van der Waals surface area (Å²) in [5.41, 5.74) is 2.46. The van der Waals surface area contributed by atoms with E-state index in [1.807, 2.05) is 24.3 Å². The molecule has 0 atom stereocenters. The molecule has 0 unspecified atom stereocenters. The van der Waals surface area contributed by atoms with Gasteiger partial charge in [-0.05, 0) is 41.7 Å². The Bertz CT molecular complexity index is 1000. The van der Waals surface area contributed by atoms with E-state index < -0.39 is 0 Å². The fraction of sp³-hybridized carbons (Fsp3) is 0.531. The van der Waals surface area contributed by atoms with Crippen LogP contribution >= 0.6 is 28.7 Å². The third-order valence-corrected chi connectivity index (χ3v) is 7.72. The molecule has 3 rings (SSSR count). The number of amides is 1. The van der Waals surface area contributed by atoms with Crippen LogP contribution in [-0.4, -0.2) is 30.4 Å². The summed E-state index contributed by atoms with van der Waals surface area (Å²) < 4.78 is 11.5. The number of benzene rings is 2. The van der Waals surface area contributed by atoms with E-state index in [9.17, 15) is 4.79 Å². The first-order valence-electron chi connectivity index (χ1n) is 14.4. The van der Waals surface area contributed by atoms with Crippen molar-refractivity contribution < 1.29 is 14.3 Å². The molecule has 39 heavy (non-hydrogen) atoms. The highest BCUT2D eigenvalue weighted by Gasteiger charge is 2.14. The molecule has 5 nitrogen and oxygen atoms in total. The zero-order valence-corrected chi connectivity index (χ0v) is 26.3. The summed E-state index contributed by atoms with van der Waals surface area (Å²) in [7, 11) is 1.62. The molecule has 2 aromatic rings. The van der Waals surface area contributed by atoms with Gasteiger partial charge in [-0.1, -0.05) is 95.8 Å². The average Bonchev–Trinajstić information content (AvgIpc) is 3.45. The highest BCUT2D eigenvalue weighted by molar-refractivity contribution is 8.93. The van der Waals surface area contributed by atoms with Crippen molar-refractivity contribution in [3.8, 4) is 11.5 Å². The van der Waals surface area contributed by atoms with E-state index in [1.54, 1.807) is 31.0 Å². The highest BCUT2D eigenvalue weighted by atomic mass is 79.9. The van der Waals surface area contributed by atoms with Crippen molar-refractivity contribution >= 4 is 40.3 Å². The number of hydrogen-bond acceptors (Lipinski definition) is 5. The lowest BCUT2D eigenvalue weighted by molar-refractivity contribution is 0.102. The zero-order valence-electron chi connectivity index (χ0n) is 23.8. The molecular formula is C32H47BrN2O3S. The molecule has 0 fully saturated rings. The number of ether oxygens (including phenoxy) is 2. The van der Waals surface area contributed by atoms with Crippen LogP contribution in [0, 0.1) is 0 Å². The van der Waals surface area contributed by atoms with E-state index in [-0.39, 0.29) is 22.9 Å². The molecule has 1 N–H and O–H groups in total. The van der Waals surface area contributed by atoms with Gasteiger partial charge in [0.25, 0.3) is 5.91 Å². The minimum absolute atomic E-state index is 0. The maximum atomic E-state index is 13.0. The molecule has 0 aromatic heterocycles. The largest absolute Gasteiger partial charge is 0.493 e. The molecule has 0 spiro atoms. The predicted molar refractivity (Wildman–Crippen MR) is 171 cm³/mol. The van der Waals surface area contributed by atoms with Crippen LogP contribution in [-0.2, 0) is 6.54 Å². The molecule has 216 valence electrons. The second kappa shape index (κ2) is 19.9. The first-order chi connectivity index (χ1) is 18.7. The monoisotopic (exact) mass is 618 g/mol.